The van der Waals surface area contributed by atoms with Gasteiger partial charge in [0.1, 0.15) is 5.75 Å². The summed E-state index contributed by atoms with van der Waals surface area (Å²) in [6, 6.07) is 5.34. The van der Waals surface area contributed by atoms with E-state index in [1.165, 1.54) is 6.08 Å². The standard InChI is InChI=1S/C11H14N2O2/c1-13-11(14)6-4-8-3-5-10(15-2)9(12)7-8/h3-7H,12H2,1-2H3,(H,13,14)/b6-4+. The van der Waals surface area contributed by atoms with Crippen molar-refractivity contribution in [3.63, 3.8) is 0 Å². The number of rotatable bonds is 3. The van der Waals surface area contributed by atoms with Crippen LogP contribution in [0.2, 0.25) is 0 Å². The van der Waals surface area contributed by atoms with Crippen LogP contribution in [0, 0.1) is 0 Å². The number of likely N-dealkylation sites (N-methyl/N-ethyl adjacent to an activating group) is 1. The summed E-state index contributed by atoms with van der Waals surface area (Å²) in [5.41, 5.74) is 7.12. The Balaban J connectivity index is 2.84. The van der Waals surface area contributed by atoms with Gasteiger partial charge in [-0.3, -0.25) is 4.79 Å². The lowest BCUT2D eigenvalue weighted by Gasteiger charge is -2.04. The number of hydrogen-bond donors (Lipinski definition) is 2. The Hall–Kier alpha value is -1.97. The van der Waals surface area contributed by atoms with Crippen molar-refractivity contribution in [3.05, 3.63) is 29.8 Å². The van der Waals surface area contributed by atoms with Gasteiger partial charge in [0.15, 0.2) is 0 Å². The molecule has 0 unspecified atom stereocenters. The third-order valence-electron chi connectivity index (χ3n) is 1.93. The van der Waals surface area contributed by atoms with Gasteiger partial charge in [-0.1, -0.05) is 6.07 Å². The number of nitrogens with two attached hydrogens (primary N) is 1. The monoisotopic (exact) mass is 206 g/mol. The van der Waals surface area contributed by atoms with Crippen LogP contribution < -0.4 is 15.8 Å². The van der Waals surface area contributed by atoms with Gasteiger partial charge in [0.25, 0.3) is 0 Å². The Morgan fingerprint density at radius 2 is 2.27 bits per heavy atom. The summed E-state index contributed by atoms with van der Waals surface area (Å²) < 4.78 is 5.02. The Morgan fingerprint density at radius 1 is 1.53 bits per heavy atom. The maximum atomic E-state index is 10.9. The molecular weight excluding hydrogens is 192 g/mol. The summed E-state index contributed by atoms with van der Waals surface area (Å²) in [4.78, 5) is 10.9. The first-order valence-electron chi connectivity index (χ1n) is 4.50. The molecule has 15 heavy (non-hydrogen) atoms. The summed E-state index contributed by atoms with van der Waals surface area (Å²) in [6.45, 7) is 0. The largest absolute Gasteiger partial charge is 0.495 e. The number of nitrogen functional groups attached to an aromatic ring is 1. The molecule has 0 saturated carbocycles. The fraction of sp³-hybridized carbons (Fsp3) is 0.182. The highest BCUT2D eigenvalue weighted by Crippen LogP contribution is 2.22. The zero-order chi connectivity index (χ0) is 11.3. The van der Waals surface area contributed by atoms with Crippen molar-refractivity contribution >= 4 is 17.7 Å². The van der Waals surface area contributed by atoms with E-state index in [4.69, 9.17) is 10.5 Å². The number of hydrogen-bond acceptors (Lipinski definition) is 3. The Labute approximate surface area is 88.7 Å². The van der Waals surface area contributed by atoms with Crippen molar-refractivity contribution in [3.8, 4) is 5.75 Å². The van der Waals surface area contributed by atoms with E-state index in [2.05, 4.69) is 5.32 Å². The lowest BCUT2D eigenvalue weighted by molar-refractivity contribution is -0.115. The molecule has 4 heteroatoms. The second kappa shape index (κ2) is 5.05. The smallest absolute Gasteiger partial charge is 0.243 e. The van der Waals surface area contributed by atoms with Gasteiger partial charge in [-0.25, -0.2) is 0 Å². The Kier molecular flexibility index (Phi) is 3.74. The number of carbonyl (C=O) groups is 1. The number of benzene rings is 1. The highest BCUT2D eigenvalue weighted by atomic mass is 16.5. The molecular formula is C11H14N2O2. The zero-order valence-electron chi connectivity index (χ0n) is 8.78. The normalized spacial score (nSPS) is 10.3. The lowest BCUT2D eigenvalue weighted by Crippen LogP contribution is -2.13. The molecule has 4 nitrogen and oxygen atoms in total. The first-order valence-corrected chi connectivity index (χ1v) is 4.50. The molecule has 0 bridgehead atoms. The van der Waals surface area contributed by atoms with Crippen molar-refractivity contribution < 1.29 is 9.53 Å². The Bertz CT molecular complexity index is 386. The molecule has 0 aromatic heterocycles. The predicted octanol–water partition coefficient (Wildman–Crippen LogP) is 1.04. The van der Waals surface area contributed by atoms with Crippen LogP contribution in [0.5, 0.6) is 5.75 Å². The van der Waals surface area contributed by atoms with E-state index in [9.17, 15) is 4.79 Å². The molecule has 80 valence electrons. The molecule has 0 aliphatic rings. The van der Waals surface area contributed by atoms with Crippen molar-refractivity contribution in [1.29, 1.82) is 0 Å². The molecule has 0 fully saturated rings. The molecule has 1 rings (SSSR count). The molecule has 1 aromatic rings. The average molecular weight is 206 g/mol. The number of carbonyl (C=O) groups excluding carboxylic acids is 1. The Morgan fingerprint density at radius 3 is 2.80 bits per heavy atom. The minimum Gasteiger partial charge on any atom is -0.495 e. The topological polar surface area (TPSA) is 64.3 Å². The first kappa shape index (κ1) is 11.1. The second-order valence-corrected chi connectivity index (χ2v) is 2.95. The average Bonchev–Trinajstić information content (AvgIpc) is 2.26. The number of amides is 1. The first-order chi connectivity index (χ1) is 7.17. The van der Waals surface area contributed by atoms with Gasteiger partial charge < -0.3 is 15.8 Å². The summed E-state index contributed by atoms with van der Waals surface area (Å²) in [5, 5.41) is 2.49. The third kappa shape index (κ3) is 3.02. The molecule has 3 N–H and O–H groups in total. The van der Waals surface area contributed by atoms with Gasteiger partial charge >= 0.3 is 0 Å². The summed E-state index contributed by atoms with van der Waals surface area (Å²) in [6.07, 6.45) is 3.13. The molecule has 0 saturated heterocycles. The van der Waals surface area contributed by atoms with Gasteiger partial charge in [-0.15, -0.1) is 0 Å². The van der Waals surface area contributed by atoms with Crippen LogP contribution in [0.25, 0.3) is 6.08 Å². The molecule has 1 aromatic carbocycles. The van der Waals surface area contributed by atoms with E-state index in [1.54, 1.807) is 32.4 Å². The minimum atomic E-state index is -0.149. The van der Waals surface area contributed by atoms with Crippen molar-refractivity contribution in [2.45, 2.75) is 0 Å². The quantitative estimate of drug-likeness (QED) is 0.573. The number of methoxy groups -OCH3 is 1. The van der Waals surface area contributed by atoms with Crippen LogP contribution in [0.3, 0.4) is 0 Å². The van der Waals surface area contributed by atoms with Crippen LogP contribution in [0.4, 0.5) is 5.69 Å². The molecule has 0 aliphatic heterocycles. The van der Waals surface area contributed by atoms with Gasteiger partial charge in [-0.2, -0.15) is 0 Å². The third-order valence-corrected chi connectivity index (χ3v) is 1.93. The van der Waals surface area contributed by atoms with Crippen LogP contribution in [-0.4, -0.2) is 20.1 Å². The molecule has 0 atom stereocenters. The molecule has 0 spiro atoms. The number of ether oxygens (including phenoxy) is 1. The maximum Gasteiger partial charge on any atom is 0.243 e. The number of anilines is 1. The lowest BCUT2D eigenvalue weighted by atomic mass is 10.1. The van der Waals surface area contributed by atoms with Crippen LogP contribution in [0.1, 0.15) is 5.56 Å². The molecule has 0 heterocycles. The van der Waals surface area contributed by atoms with Crippen LogP contribution in [-0.2, 0) is 4.79 Å². The van der Waals surface area contributed by atoms with E-state index in [-0.39, 0.29) is 5.91 Å². The fourth-order valence-electron chi connectivity index (χ4n) is 1.11. The summed E-state index contributed by atoms with van der Waals surface area (Å²) in [5.74, 6) is 0.483. The van der Waals surface area contributed by atoms with E-state index in [0.717, 1.165) is 5.56 Å². The molecule has 0 aliphatic carbocycles. The molecule has 1 amide bonds. The number of nitrogens with one attached hydrogen (secondary N) is 1. The second-order valence-electron chi connectivity index (χ2n) is 2.95. The maximum absolute atomic E-state index is 10.9. The highest BCUT2D eigenvalue weighted by Gasteiger charge is 1.98. The van der Waals surface area contributed by atoms with E-state index in [1.807, 2.05) is 6.07 Å². The van der Waals surface area contributed by atoms with Crippen molar-refractivity contribution in [1.82, 2.24) is 5.32 Å². The highest BCUT2D eigenvalue weighted by molar-refractivity contribution is 5.91. The van der Waals surface area contributed by atoms with E-state index < -0.39 is 0 Å². The SMILES string of the molecule is CNC(=O)/C=C/c1ccc(OC)c(N)c1. The molecule has 0 radical (unpaired) electrons. The summed E-state index contributed by atoms with van der Waals surface area (Å²) in [7, 11) is 3.14. The predicted molar refractivity (Wildman–Crippen MR) is 60.5 cm³/mol. The fourth-order valence-corrected chi connectivity index (χ4v) is 1.11. The van der Waals surface area contributed by atoms with Gasteiger partial charge in [-0.05, 0) is 23.8 Å². The van der Waals surface area contributed by atoms with Crippen LogP contribution >= 0.6 is 0 Å². The van der Waals surface area contributed by atoms with Crippen molar-refractivity contribution in [2.24, 2.45) is 0 Å². The van der Waals surface area contributed by atoms with Crippen LogP contribution in [0.15, 0.2) is 24.3 Å². The summed E-state index contributed by atoms with van der Waals surface area (Å²) >= 11 is 0. The zero-order valence-corrected chi connectivity index (χ0v) is 8.78. The van der Waals surface area contributed by atoms with Gasteiger partial charge in [0.2, 0.25) is 5.91 Å². The van der Waals surface area contributed by atoms with E-state index in [0.29, 0.717) is 11.4 Å². The minimum absolute atomic E-state index is 0.149. The van der Waals surface area contributed by atoms with Gasteiger partial charge in [0.05, 0.1) is 12.8 Å². The van der Waals surface area contributed by atoms with Crippen molar-refractivity contribution in [2.75, 3.05) is 19.9 Å². The van der Waals surface area contributed by atoms with Gasteiger partial charge in [0, 0.05) is 13.1 Å². The van der Waals surface area contributed by atoms with E-state index >= 15 is 0 Å².